The molecule has 11 heteroatoms. The Morgan fingerprint density at radius 3 is 2.48 bits per heavy atom. The quantitative estimate of drug-likeness (QED) is 0.418. The first kappa shape index (κ1) is 21.4. The molecule has 0 radical (unpaired) electrons. The van der Waals surface area contributed by atoms with E-state index in [4.69, 9.17) is 11.6 Å². The highest BCUT2D eigenvalue weighted by Gasteiger charge is 2.52. The Balaban J connectivity index is 1.32. The fraction of sp³-hybridized carbons (Fsp3) is 0.550. The van der Waals surface area contributed by atoms with E-state index in [1.807, 2.05) is 4.90 Å². The number of carbonyl (C=O) groups is 3. The lowest BCUT2D eigenvalue weighted by Crippen LogP contribution is -2.49. The fourth-order valence-electron chi connectivity index (χ4n) is 4.67. The molecule has 0 bridgehead atoms. The van der Waals surface area contributed by atoms with Crippen molar-refractivity contribution in [2.24, 2.45) is 0 Å². The minimum Gasteiger partial charge on any atom is -0.362 e. The molecule has 1 aromatic carbocycles. The van der Waals surface area contributed by atoms with Crippen LogP contribution in [-0.4, -0.2) is 70.8 Å². The number of anilines is 1. The van der Waals surface area contributed by atoms with Crippen LogP contribution in [0.4, 0.5) is 16.2 Å². The Hall–Kier alpha value is -2.88. The van der Waals surface area contributed by atoms with Crippen LogP contribution >= 0.6 is 11.6 Å². The van der Waals surface area contributed by atoms with E-state index in [0.717, 1.165) is 17.7 Å². The molecule has 1 N–H and O–H groups in total. The summed E-state index contributed by atoms with van der Waals surface area (Å²) in [6.45, 7) is 1.76. The number of nitro benzene ring substituents is 1. The largest absolute Gasteiger partial charge is 0.362 e. The summed E-state index contributed by atoms with van der Waals surface area (Å²) in [5.41, 5.74) is -0.353. The fourth-order valence-corrected chi connectivity index (χ4v) is 4.84. The predicted molar refractivity (Wildman–Crippen MR) is 113 cm³/mol. The van der Waals surface area contributed by atoms with Gasteiger partial charge in [0.1, 0.15) is 11.2 Å². The number of rotatable bonds is 5. The van der Waals surface area contributed by atoms with Gasteiger partial charge in [-0.3, -0.25) is 24.6 Å². The Morgan fingerprint density at radius 2 is 1.84 bits per heavy atom. The molecular formula is C20H24ClN5O5. The number of hydrogen-bond donors (Lipinski definition) is 1. The second kappa shape index (κ2) is 8.33. The first-order valence-corrected chi connectivity index (χ1v) is 10.8. The van der Waals surface area contributed by atoms with Crippen molar-refractivity contribution in [2.45, 2.75) is 37.6 Å². The van der Waals surface area contributed by atoms with Gasteiger partial charge in [0.2, 0.25) is 5.91 Å². The third kappa shape index (κ3) is 4.04. The number of urea groups is 1. The van der Waals surface area contributed by atoms with Crippen LogP contribution in [0.1, 0.15) is 32.1 Å². The van der Waals surface area contributed by atoms with Crippen molar-refractivity contribution >= 4 is 40.8 Å². The molecule has 2 saturated heterocycles. The first-order chi connectivity index (χ1) is 14.8. The van der Waals surface area contributed by atoms with Crippen molar-refractivity contribution < 1.29 is 19.3 Å². The maximum absolute atomic E-state index is 12.7. The molecule has 166 valence electrons. The smallest absolute Gasteiger partial charge is 0.325 e. The van der Waals surface area contributed by atoms with E-state index in [1.165, 1.54) is 6.07 Å². The van der Waals surface area contributed by atoms with Crippen molar-refractivity contribution in [3.05, 3.63) is 33.3 Å². The van der Waals surface area contributed by atoms with Crippen LogP contribution in [0.15, 0.2) is 18.2 Å². The summed E-state index contributed by atoms with van der Waals surface area (Å²) in [4.78, 5) is 53.2. The SMILES string of the molecule is O=C(CCN1C(=O)NC2(CCCC2)C1=O)N1CCN(c2ccc(Cl)cc2[N+](=O)[O-])CC1. The van der Waals surface area contributed by atoms with Gasteiger partial charge in [-0.15, -0.1) is 0 Å². The zero-order valence-electron chi connectivity index (χ0n) is 17.0. The minimum absolute atomic E-state index is 0.0633. The van der Waals surface area contributed by atoms with Gasteiger partial charge < -0.3 is 15.1 Å². The molecule has 2 aliphatic heterocycles. The number of carbonyl (C=O) groups excluding carboxylic acids is 3. The Labute approximate surface area is 184 Å². The highest BCUT2D eigenvalue weighted by molar-refractivity contribution is 6.30. The Bertz CT molecular complexity index is 925. The highest BCUT2D eigenvalue weighted by atomic mass is 35.5. The lowest BCUT2D eigenvalue weighted by Gasteiger charge is -2.36. The third-order valence-corrected chi connectivity index (χ3v) is 6.59. The summed E-state index contributed by atoms with van der Waals surface area (Å²) in [6.07, 6.45) is 3.20. The normalized spacial score (nSPS) is 20.5. The molecule has 31 heavy (non-hydrogen) atoms. The predicted octanol–water partition coefficient (Wildman–Crippen LogP) is 2.15. The third-order valence-electron chi connectivity index (χ3n) is 6.36. The average molecular weight is 450 g/mol. The lowest BCUT2D eigenvalue weighted by atomic mass is 9.98. The molecule has 2 heterocycles. The van der Waals surface area contributed by atoms with Gasteiger partial charge >= 0.3 is 6.03 Å². The van der Waals surface area contributed by atoms with Crippen LogP contribution in [0, 0.1) is 10.1 Å². The van der Waals surface area contributed by atoms with Gasteiger partial charge in [0.15, 0.2) is 0 Å². The number of nitro groups is 1. The second-order valence-electron chi connectivity index (χ2n) is 8.18. The number of nitrogens with zero attached hydrogens (tertiary/aromatic N) is 4. The van der Waals surface area contributed by atoms with Gasteiger partial charge in [-0.05, 0) is 25.0 Å². The molecule has 4 amide bonds. The van der Waals surface area contributed by atoms with E-state index >= 15 is 0 Å². The highest BCUT2D eigenvalue weighted by Crippen LogP contribution is 2.35. The molecule has 1 aromatic rings. The van der Waals surface area contributed by atoms with Crippen LogP contribution < -0.4 is 10.2 Å². The van der Waals surface area contributed by atoms with Gasteiger partial charge in [0.25, 0.3) is 11.6 Å². The lowest BCUT2D eigenvalue weighted by molar-refractivity contribution is -0.384. The Kier molecular flexibility index (Phi) is 5.74. The second-order valence-corrected chi connectivity index (χ2v) is 8.62. The Morgan fingerprint density at radius 1 is 1.16 bits per heavy atom. The molecule has 0 unspecified atom stereocenters. The summed E-state index contributed by atoms with van der Waals surface area (Å²) in [5, 5.41) is 14.4. The summed E-state index contributed by atoms with van der Waals surface area (Å²) in [7, 11) is 0. The van der Waals surface area contributed by atoms with Crippen molar-refractivity contribution in [2.75, 3.05) is 37.6 Å². The van der Waals surface area contributed by atoms with Gasteiger partial charge in [-0.1, -0.05) is 24.4 Å². The minimum atomic E-state index is -0.765. The molecule has 10 nitrogen and oxygen atoms in total. The maximum Gasteiger partial charge on any atom is 0.325 e. The number of benzene rings is 1. The number of hydrogen-bond acceptors (Lipinski definition) is 6. The van der Waals surface area contributed by atoms with Gasteiger partial charge in [0, 0.05) is 50.2 Å². The monoisotopic (exact) mass is 449 g/mol. The molecule has 1 aliphatic carbocycles. The summed E-state index contributed by atoms with van der Waals surface area (Å²) in [6, 6.07) is 4.13. The number of nitrogens with one attached hydrogen (secondary N) is 1. The number of piperazine rings is 1. The van der Waals surface area contributed by atoms with Crippen LogP contribution in [0.2, 0.25) is 5.02 Å². The standard InChI is InChI=1S/C20H24ClN5O5/c21-14-3-4-15(16(13-14)26(30)31)23-9-11-24(12-10-23)17(27)5-8-25-18(28)20(22-19(25)29)6-1-2-7-20/h3-4,13H,1-2,5-12H2,(H,22,29). The van der Waals surface area contributed by atoms with Crippen molar-refractivity contribution in [1.29, 1.82) is 0 Å². The van der Waals surface area contributed by atoms with E-state index < -0.39 is 16.5 Å². The first-order valence-electron chi connectivity index (χ1n) is 10.4. The van der Waals surface area contributed by atoms with E-state index in [9.17, 15) is 24.5 Å². The van der Waals surface area contributed by atoms with E-state index in [-0.39, 0.29) is 30.5 Å². The van der Waals surface area contributed by atoms with E-state index in [0.29, 0.717) is 49.7 Å². The molecule has 0 atom stereocenters. The summed E-state index contributed by atoms with van der Waals surface area (Å²) in [5.74, 6) is -0.360. The number of imide groups is 1. The van der Waals surface area contributed by atoms with E-state index in [1.54, 1.807) is 17.0 Å². The zero-order valence-corrected chi connectivity index (χ0v) is 17.8. The van der Waals surface area contributed by atoms with Crippen molar-refractivity contribution in [3.8, 4) is 0 Å². The average Bonchev–Trinajstić information content (AvgIpc) is 3.31. The molecule has 0 aromatic heterocycles. The number of halogens is 1. The van der Waals surface area contributed by atoms with Crippen LogP contribution in [0.25, 0.3) is 0 Å². The maximum atomic E-state index is 12.7. The van der Waals surface area contributed by atoms with Crippen molar-refractivity contribution in [1.82, 2.24) is 15.1 Å². The van der Waals surface area contributed by atoms with Crippen LogP contribution in [0.5, 0.6) is 0 Å². The van der Waals surface area contributed by atoms with Crippen LogP contribution in [-0.2, 0) is 9.59 Å². The summed E-state index contributed by atoms with van der Waals surface area (Å²) < 4.78 is 0. The molecule has 1 spiro atoms. The molecular weight excluding hydrogens is 426 g/mol. The van der Waals surface area contributed by atoms with Gasteiger partial charge in [-0.25, -0.2) is 4.79 Å². The van der Waals surface area contributed by atoms with Gasteiger partial charge in [-0.2, -0.15) is 0 Å². The zero-order chi connectivity index (χ0) is 22.2. The topological polar surface area (TPSA) is 116 Å². The molecule has 4 rings (SSSR count). The molecule has 1 saturated carbocycles. The van der Waals surface area contributed by atoms with Crippen LogP contribution in [0.3, 0.4) is 0 Å². The van der Waals surface area contributed by atoms with Crippen molar-refractivity contribution in [3.63, 3.8) is 0 Å². The van der Waals surface area contributed by atoms with E-state index in [2.05, 4.69) is 5.32 Å². The molecule has 3 fully saturated rings. The number of amides is 4. The summed E-state index contributed by atoms with van der Waals surface area (Å²) >= 11 is 5.88. The molecule has 3 aliphatic rings. The van der Waals surface area contributed by atoms with Gasteiger partial charge in [0.05, 0.1) is 4.92 Å².